The van der Waals surface area contributed by atoms with E-state index in [1.54, 1.807) is 122 Å². The third kappa shape index (κ3) is 13.3. The summed E-state index contributed by atoms with van der Waals surface area (Å²) < 4.78 is 0. The second kappa shape index (κ2) is 26.8. The first-order valence-corrected chi connectivity index (χ1v) is 28.9. The maximum Gasteiger partial charge on any atom is 0.278 e. The Kier molecular flexibility index (Phi) is 19.3. The van der Waals surface area contributed by atoms with Gasteiger partial charge in [-0.3, -0.25) is 58.7 Å². The molecule has 0 radical (unpaired) electrons. The van der Waals surface area contributed by atoms with Crippen molar-refractivity contribution in [3.63, 3.8) is 0 Å². The summed E-state index contributed by atoms with van der Waals surface area (Å²) in [6.45, 7) is 18.8. The van der Waals surface area contributed by atoms with Gasteiger partial charge in [0.1, 0.15) is 34.5 Å². The lowest BCUT2D eigenvalue weighted by atomic mass is 9.92. The molecule has 8 heterocycles. The largest absolute Gasteiger partial charge is 0.291 e. The molecule has 0 N–H and O–H groups in total. The predicted octanol–water partition coefficient (Wildman–Crippen LogP) is 9.91. The summed E-state index contributed by atoms with van der Waals surface area (Å²) in [6, 6.07) is 21.9. The highest BCUT2D eigenvalue weighted by Gasteiger charge is 2.41. The number of hydrogen-bond acceptors (Lipinski definition) is 16. The second-order valence-electron chi connectivity index (χ2n) is 17.1. The van der Waals surface area contributed by atoms with Crippen LogP contribution >= 0.6 is 43.2 Å². The summed E-state index contributed by atoms with van der Waals surface area (Å²) in [5.41, 5.74) is 3.37. The molecule has 4 aromatic rings. The molecule has 16 nitrogen and oxygen atoms in total. The fourth-order valence-corrected chi connectivity index (χ4v) is 13.8. The van der Waals surface area contributed by atoms with Gasteiger partial charge in [0.2, 0.25) is 0 Å². The van der Waals surface area contributed by atoms with Crippen molar-refractivity contribution >= 4 is 113 Å². The van der Waals surface area contributed by atoms with E-state index in [0.29, 0.717) is 69.8 Å². The maximum atomic E-state index is 14.3. The Hall–Kier alpha value is -7.52. The second-order valence-corrected chi connectivity index (χ2v) is 21.8. The molecule has 76 heavy (non-hydrogen) atoms. The van der Waals surface area contributed by atoms with Gasteiger partial charge in [0.25, 0.3) is 23.6 Å². The molecule has 4 aliphatic heterocycles. The smallest absolute Gasteiger partial charge is 0.278 e. The molecule has 0 fully saturated rings. The van der Waals surface area contributed by atoms with Crippen LogP contribution in [0.1, 0.15) is 49.0 Å². The van der Waals surface area contributed by atoms with E-state index < -0.39 is 0 Å². The molecule has 4 amide bonds. The first-order chi connectivity index (χ1) is 37.1. The number of carbonyl (C=O) groups is 4. The topological polar surface area (TPSA) is 182 Å². The van der Waals surface area contributed by atoms with E-state index >= 15 is 0 Å². The number of pyridine rings is 4. The lowest BCUT2D eigenvalue weighted by molar-refractivity contribution is -0.123. The molecule has 0 saturated carbocycles. The van der Waals surface area contributed by atoms with Crippen LogP contribution in [0, 0.1) is 11.8 Å². The molecule has 20 heteroatoms. The van der Waals surface area contributed by atoms with Crippen molar-refractivity contribution in [2.45, 2.75) is 31.4 Å². The monoisotopic (exact) mass is 1090 g/mol. The molecule has 3 atom stereocenters. The van der Waals surface area contributed by atoms with Crippen LogP contribution in [0.2, 0.25) is 0 Å². The van der Waals surface area contributed by atoms with Crippen molar-refractivity contribution in [3.8, 4) is 0 Å². The molecule has 3 unspecified atom stereocenters. The number of aliphatic imine (C=N–C) groups is 4. The Morgan fingerprint density at radius 3 is 1.28 bits per heavy atom. The normalized spacial score (nSPS) is 18.9. The van der Waals surface area contributed by atoms with Gasteiger partial charge in [0.05, 0.1) is 22.8 Å². The van der Waals surface area contributed by atoms with Crippen molar-refractivity contribution in [2.75, 3.05) is 31.9 Å². The minimum atomic E-state index is -0.359. The van der Waals surface area contributed by atoms with Gasteiger partial charge in [-0.1, -0.05) is 77.1 Å². The van der Waals surface area contributed by atoms with E-state index in [1.807, 2.05) is 54.6 Å². The summed E-state index contributed by atoms with van der Waals surface area (Å²) in [7, 11) is 5.76. The van der Waals surface area contributed by atoms with Crippen LogP contribution in [0.3, 0.4) is 0 Å². The Labute approximate surface area is 458 Å². The van der Waals surface area contributed by atoms with E-state index in [2.05, 4.69) is 53.2 Å². The maximum absolute atomic E-state index is 14.3. The summed E-state index contributed by atoms with van der Waals surface area (Å²) in [4.78, 5) is 100. The molecule has 4 aliphatic rings. The van der Waals surface area contributed by atoms with Crippen molar-refractivity contribution in [3.05, 3.63) is 194 Å². The third-order valence-corrected chi connectivity index (χ3v) is 17.1. The van der Waals surface area contributed by atoms with Crippen molar-refractivity contribution in [1.82, 2.24) is 39.5 Å². The fourth-order valence-electron chi connectivity index (χ4n) is 8.37. The zero-order chi connectivity index (χ0) is 53.4. The zero-order valence-corrected chi connectivity index (χ0v) is 45.0. The number of amidine groups is 4. The van der Waals surface area contributed by atoms with Gasteiger partial charge >= 0.3 is 0 Å². The van der Waals surface area contributed by atoms with Crippen molar-refractivity contribution in [1.29, 1.82) is 0 Å². The number of hydrogen-bond donors (Lipinski definition) is 0. The first kappa shape index (κ1) is 54.7. The van der Waals surface area contributed by atoms with Crippen LogP contribution in [0.4, 0.5) is 0 Å². The van der Waals surface area contributed by atoms with Crippen LogP contribution in [0.5, 0.6) is 0 Å². The van der Waals surface area contributed by atoms with Gasteiger partial charge < -0.3 is 0 Å². The molecule has 0 bridgehead atoms. The lowest BCUT2D eigenvalue weighted by Gasteiger charge is -2.31. The van der Waals surface area contributed by atoms with E-state index in [1.165, 1.54) is 32.4 Å². The Balaban J connectivity index is 1.17. The minimum Gasteiger partial charge on any atom is -0.291 e. The van der Waals surface area contributed by atoms with Crippen LogP contribution in [0.25, 0.3) is 24.3 Å². The van der Waals surface area contributed by atoms with Crippen molar-refractivity contribution < 1.29 is 19.2 Å². The fraction of sp³-hybridized carbons (Fsp3) is 0.214. The minimum absolute atomic E-state index is 0.204. The van der Waals surface area contributed by atoms with E-state index in [-0.39, 0.29) is 89.7 Å². The van der Waals surface area contributed by atoms with Crippen LogP contribution in [-0.2, 0) is 19.2 Å². The lowest BCUT2D eigenvalue weighted by Crippen LogP contribution is -2.41. The molecule has 0 saturated heterocycles. The summed E-state index contributed by atoms with van der Waals surface area (Å²) in [6.07, 6.45) is 21.6. The Morgan fingerprint density at radius 2 is 0.868 bits per heavy atom. The molecule has 8 rings (SSSR count). The molecular weight excluding hydrogens is 1030 g/mol. The van der Waals surface area contributed by atoms with Gasteiger partial charge in [-0.2, -0.15) is 0 Å². The zero-order valence-electron chi connectivity index (χ0n) is 41.7. The van der Waals surface area contributed by atoms with Gasteiger partial charge in [-0.25, -0.2) is 20.0 Å². The quantitative estimate of drug-likeness (QED) is 0.0368. The van der Waals surface area contributed by atoms with Crippen LogP contribution in [-0.4, -0.2) is 122 Å². The number of rotatable bonds is 24. The van der Waals surface area contributed by atoms with E-state index in [9.17, 15) is 19.2 Å². The number of nitrogens with zero attached hydrogens (tertiary/aromatic N) is 12. The SMILES string of the molecule is C=CCN1C(=O)C(=Cc2ccccn2)N=C1SSCC(CCC(SSC1=N/C(=C\c2ccccn2)C(=O)N1CC=C)C(CC)C1=N/C(=C\c2ccccn2)C(=O)N1CC=C)C1=NC(=Cc2ccccn2)C(=O)N1CC=C. The average molecular weight is 1090 g/mol. The van der Waals surface area contributed by atoms with E-state index in [0.717, 1.165) is 0 Å². The highest BCUT2D eigenvalue weighted by Crippen LogP contribution is 2.43. The number of amides is 4. The van der Waals surface area contributed by atoms with Gasteiger partial charge in [-0.15, -0.1) is 26.3 Å². The van der Waals surface area contributed by atoms with Crippen molar-refractivity contribution in [2.24, 2.45) is 31.8 Å². The van der Waals surface area contributed by atoms with Gasteiger partial charge in [0.15, 0.2) is 10.3 Å². The first-order valence-electron chi connectivity index (χ1n) is 24.3. The Bertz CT molecular complexity index is 3110. The summed E-state index contributed by atoms with van der Waals surface area (Å²) in [5, 5.41) is 0.690. The molecule has 0 aliphatic carbocycles. The molecular formula is C56H54N12O4S4. The third-order valence-electron chi connectivity index (χ3n) is 11.9. The number of carbonyl (C=O) groups excluding carboxylic acids is 4. The highest BCUT2D eigenvalue weighted by atomic mass is 33.1. The molecule has 4 aromatic heterocycles. The van der Waals surface area contributed by atoms with Gasteiger partial charge in [0, 0.05) is 73.8 Å². The Morgan fingerprint density at radius 1 is 0.487 bits per heavy atom. The van der Waals surface area contributed by atoms with Gasteiger partial charge in [-0.05, 0) is 114 Å². The van der Waals surface area contributed by atoms with Crippen LogP contribution < -0.4 is 0 Å². The summed E-state index contributed by atoms with van der Waals surface area (Å²) in [5.74, 6) is -0.195. The highest BCUT2D eigenvalue weighted by molar-refractivity contribution is 8.82. The molecule has 0 aromatic carbocycles. The average Bonchev–Trinajstić information content (AvgIpc) is 4.11. The number of aromatic nitrogens is 4. The molecule has 386 valence electrons. The van der Waals surface area contributed by atoms with E-state index in [4.69, 9.17) is 20.0 Å². The standard InChI is InChI=1S/C56H54N12O4S4/c1-6-29-65-49(61-44(51(65)69)33-39-19-11-15-25-57-39)38(37-73-75-55-63-46(53(71)67(55)31-8-3)35-41-21-13-17-27-59-41)23-24-48(74-76-56-64-47(54(72)68(56)32-9-4)36-42-22-14-18-28-60-42)43(10-5)50-62-45(52(70)66(50)30-7-2)34-40-20-12-16-26-58-40/h6-9,11-22,25-28,33-36,38,43,48H,1-4,10,23-24,29-32,37H2,5H3/b44-33?,45-34-,46-35?,47-36-. The molecule has 0 spiro atoms. The van der Waals surface area contributed by atoms with Crippen LogP contribution in [0.15, 0.2) is 191 Å². The predicted molar refractivity (Wildman–Crippen MR) is 312 cm³/mol. The summed E-state index contributed by atoms with van der Waals surface area (Å²) >= 11 is 0.